The monoisotopic (exact) mass is 564 g/mol. The molecule has 1 aromatic carbocycles. The van der Waals surface area contributed by atoms with Crippen molar-refractivity contribution in [1.29, 1.82) is 0 Å². The Morgan fingerprint density at radius 1 is 1.17 bits per heavy atom. The Hall–Kier alpha value is -4.37. The molecule has 2 heterocycles. The van der Waals surface area contributed by atoms with Crippen molar-refractivity contribution in [3.63, 3.8) is 0 Å². The maximum atomic E-state index is 12.5. The number of carbonyl (C=O) groups excluding carboxylic acids is 2. The lowest BCUT2D eigenvalue weighted by Gasteiger charge is -2.28. The molecule has 0 bridgehead atoms. The summed E-state index contributed by atoms with van der Waals surface area (Å²) in [5, 5.41) is 17.4. The Labute approximate surface area is 241 Å². The van der Waals surface area contributed by atoms with Gasteiger partial charge >= 0.3 is 6.09 Å². The van der Waals surface area contributed by atoms with E-state index < -0.39 is 17.7 Å². The van der Waals surface area contributed by atoms with Crippen LogP contribution < -0.4 is 16.0 Å². The zero-order valence-corrected chi connectivity index (χ0v) is 24.6. The number of fused-ring (bicyclic) bond motifs is 1. The summed E-state index contributed by atoms with van der Waals surface area (Å²) in [6.07, 6.45) is 4.93. The average molecular weight is 565 g/mol. The largest absolute Gasteiger partial charge is 0.444 e. The molecule has 12 heteroatoms. The van der Waals surface area contributed by atoms with Gasteiger partial charge in [0.15, 0.2) is 0 Å². The van der Waals surface area contributed by atoms with Gasteiger partial charge in [-0.15, -0.1) is 0 Å². The molecule has 0 saturated heterocycles. The number of likely N-dealkylation sites (N-methyl/N-ethyl adjacent to an activating group) is 1. The topological polar surface area (TPSA) is 146 Å². The Bertz CT molecular complexity index is 1370. The summed E-state index contributed by atoms with van der Waals surface area (Å²) in [5.74, 6) is 7.09. The van der Waals surface area contributed by atoms with Gasteiger partial charge in [0.05, 0.1) is 23.5 Å². The van der Waals surface area contributed by atoms with Crippen LogP contribution in [0.5, 0.6) is 0 Å². The second-order valence-corrected chi connectivity index (χ2v) is 10.5. The minimum Gasteiger partial charge on any atom is -0.444 e. The summed E-state index contributed by atoms with van der Waals surface area (Å²) in [7, 11) is 3.22. The van der Waals surface area contributed by atoms with Crippen molar-refractivity contribution in [3.05, 3.63) is 36.2 Å². The lowest BCUT2D eigenvalue weighted by Crippen LogP contribution is -2.47. The SMILES string of the molecule is COCCCNc1nc(Nc2ccc3cn[nH]c3c2)ncc1C#CCCCNC(=O)[C@H](C)N(C)C(=O)OC(C)(C)C. The van der Waals surface area contributed by atoms with E-state index >= 15 is 0 Å². The predicted molar refractivity (Wildman–Crippen MR) is 159 cm³/mol. The molecule has 3 rings (SSSR count). The second kappa shape index (κ2) is 14.9. The third-order valence-electron chi connectivity index (χ3n) is 5.95. The molecule has 0 unspecified atom stereocenters. The molecule has 41 heavy (non-hydrogen) atoms. The van der Waals surface area contributed by atoms with E-state index in [0.29, 0.717) is 49.9 Å². The Balaban J connectivity index is 1.55. The highest BCUT2D eigenvalue weighted by Crippen LogP contribution is 2.21. The second-order valence-electron chi connectivity index (χ2n) is 10.5. The van der Waals surface area contributed by atoms with Crippen molar-refractivity contribution in [1.82, 2.24) is 30.4 Å². The van der Waals surface area contributed by atoms with Crippen LogP contribution in [0.1, 0.15) is 52.5 Å². The van der Waals surface area contributed by atoms with E-state index in [1.165, 1.54) is 4.90 Å². The van der Waals surface area contributed by atoms with Crippen LogP contribution in [0.3, 0.4) is 0 Å². The fourth-order valence-electron chi connectivity index (χ4n) is 3.60. The smallest absolute Gasteiger partial charge is 0.410 e. The number of nitrogens with zero attached hydrogens (tertiary/aromatic N) is 4. The molecule has 0 saturated carbocycles. The van der Waals surface area contributed by atoms with E-state index in [9.17, 15) is 9.59 Å². The first-order valence-corrected chi connectivity index (χ1v) is 13.6. The van der Waals surface area contributed by atoms with Crippen molar-refractivity contribution in [3.8, 4) is 11.8 Å². The fraction of sp³-hybridized carbons (Fsp3) is 0.483. The zero-order valence-electron chi connectivity index (χ0n) is 24.6. The van der Waals surface area contributed by atoms with Gasteiger partial charge in [0, 0.05) is 51.3 Å². The Kier molecular flexibility index (Phi) is 11.3. The lowest BCUT2D eigenvalue weighted by molar-refractivity contribution is -0.125. The van der Waals surface area contributed by atoms with Gasteiger partial charge in [-0.1, -0.05) is 11.8 Å². The van der Waals surface area contributed by atoms with Crippen molar-refractivity contribution in [2.45, 2.75) is 58.6 Å². The molecule has 3 aromatic rings. The number of H-pyrrole nitrogens is 1. The number of ether oxygens (including phenoxy) is 2. The van der Waals surface area contributed by atoms with Gasteiger partial charge in [-0.25, -0.2) is 9.78 Å². The van der Waals surface area contributed by atoms with Crippen LogP contribution in [0.15, 0.2) is 30.6 Å². The van der Waals surface area contributed by atoms with Gasteiger partial charge < -0.3 is 25.4 Å². The standard InChI is InChI=1S/C29H40N8O4/c1-20(37(5)28(39)41-29(2,3)4)26(38)31-14-9-7-8-11-22-18-32-27(35-25(22)30-15-10-16-40-6)34-23-13-12-21-19-33-36-24(21)17-23/h12-13,17-20H,7,9-10,14-16H2,1-6H3,(H,31,38)(H,33,36)(H2,30,32,34,35)/t20-/m0/s1. The minimum absolute atomic E-state index is 0.253. The number of anilines is 3. The van der Waals surface area contributed by atoms with Crippen molar-refractivity contribution >= 4 is 40.4 Å². The number of rotatable bonds is 12. The van der Waals surface area contributed by atoms with Crippen LogP contribution >= 0.6 is 0 Å². The highest BCUT2D eigenvalue weighted by atomic mass is 16.6. The predicted octanol–water partition coefficient (Wildman–Crippen LogP) is 4.05. The average Bonchev–Trinajstić information content (AvgIpc) is 3.40. The van der Waals surface area contributed by atoms with Gasteiger partial charge in [-0.05, 0) is 58.7 Å². The maximum Gasteiger partial charge on any atom is 0.410 e. The Morgan fingerprint density at radius 2 is 1.98 bits per heavy atom. The van der Waals surface area contributed by atoms with E-state index in [-0.39, 0.29) is 5.91 Å². The van der Waals surface area contributed by atoms with E-state index in [1.807, 2.05) is 18.2 Å². The molecule has 2 aromatic heterocycles. The highest BCUT2D eigenvalue weighted by Gasteiger charge is 2.26. The molecular formula is C29H40N8O4. The van der Waals surface area contributed by atoms with E-state index in [4.69, 9.17) is 9.47 Å². The minimum atomic E-state index is -0.659. The quantitative estimate of drug-likeness (QED) is 0.189. The summed E-state index contributed by atoms with van der Waals surface area (Å²) in [6.45, 7) is 8.74. The first kappa shape index (κ1) is 31.2. The molecule has 12 nitrogen and oxygen atoms in total. The molecule has 2 amide bonds. The molecule has 0 aliphatic carbocycles. The molecule has 0 aliphatic rings. The summed E-state index contributed by atoms with van der Waals surface area (Å²) in [4.78, 5) is 35.1. The maximum absolute atomic E-state index is 12.5. The third-order valence-corrected chi connectivity index (χ3v) is 5.95. The van der Waals surface area contributed by atoms with Gasteiger partial charge in [0.25, 0.3) is 0 Å². The normalized spacial score (nSPS) is 11.8. The van der Waals surface area contributed by atoms with E-state index in [0.717, 1.165) is 23.0 Å². The van der Waals surface area contributed by atoms with Gasteiger partial charge in [-0.3, -0.25) is 14.8 Å². The van der Waals surface area contributed by atoms with Crippen LogP contribution in [-0.2, 0) is 14.3 Å². The number of aromatic nitrogens is 4. The summed E-state index contributed by atoms with van der Waals surface area (Å²) in [6, 6.07) is 5.19. The lowest BCUT2D eigenvalue weighted by atomic mass is 10.2. The number of aromatic amines is 1. The van der Waals surface area contributed by atoms with Crippen LogP contribution in [0.4, 0.5) is 22.2 Å². The zero-order chi connectivity index (χ0) is 29.8. The number of unbranched alkanes of at least 4 members (excludes halogenated alkanes) is 1. The molecule has 1 atom stereocenters. The Morgan fingerprint density at radius 3 is 2.73 bits per heavy atom. The summed E-state index contributed by atoms with van der Waals surface area (Å²) >= 11 is 0. The molecule has 220 valence electrons. The van der Waals surface area contributed by atoms with E-state index in [1.54, 1.807) is 54.2 Å². The molecular weight excluding hydrogens is 524 g/mol. The number of nitrogens with one attached hydrogen (secondary N) is 4. The van der Waals surface area contributed by atoms with Gasteiger partial charge in [0.2, 0.25) is 11.9 Å². The molecule has 0 fully saturated rings. The third kappa shape index (κ3) is 9.95. The molecule has 0 radical (unpaired) electrons. The summed E-state index contributed by atoms with van der Waals surface area (Å²) < 4.78 is 10.5. The van der Waals surface area contributed by atoms with Crippen LogP contribution in [-0.4, -0.2) is 82.6 Å². The van der Waals surface area contributed by atoms with Crippen LogP contribution in [0, 0.1) is 11.8 Å². The first-order valence-electron chi connectivity index (χ1n) is 13.6. The number of carbonyl (C=O) groups is 2. The number of hydrogen-bond donors (Lipinski definition) is 4. The first-order chi connectivity index (χ1) is 19.6. The molecule has 4 N–H and O–H groups in total. The number of benzene rings is 1. The van der Waals surface area contributed by atoms with Crippen molar-refractivity contribution in [2.24, 2.45) is 0 Å². The van der Waals surface area contributed by atoms with Gasteiger partial charge in [0.1, 0.15) is 17.5 Å². The number of methoxy groups -OCH3 is 1. The van der Waals surface area contributed by atoms with Gasteiger partial charge in [-0.2, -0.15) is 10.1 Å². The number of hydrogen-bond acceptors (Lipinski definition) is 9. The highest BCUT2D eigenvalue weighted by molar-refractivity contribution is 5.85. The van der Waals surface area contributed by atoms with E-state index in [2.05, 4.69) is 48.0 Å². The van der Waals surface area contributed by atoms with Crippen molar-refractivity contribution < 1.29 is 19.1 Å². The van der Waals surface area contributed by atoms with Crippen molar-refractivity contribution in [2.75, 3.05) is 44.5 Å². The van der Waals surface area contributed by atoms with Crippen LogP contribution in [0.25, 0.3) is 10.9 Å². The molecule has 0 spiro atoms. The number of amides is 2. The summed E-state index contributed by atoms with van der Waals surface area (Å²) in [5.41, 5.74) is 1.79. The fourth-order valence-corrected chi connectivity index (χ4v) is 3.60. The van der Waals surface area contributed by atoms with Crippen LogP contribution in [0.2, 0.25) is 0 Å². The molecule has 0 aliphatic heterocycles.